The Morgan fingerprint density at radius 2 is 1.27 bits per heavy atom. The predicted octanol–water partition coefficient (Wildman–Crippen LogP) is 6.25. The van der Waals surface area contributed by atoms with Crippen molar-refractivity contribution in [1.29, 1.82) is 0 Å². The minimum Gasteiger partial charge on any atom is -0.309 e. The van der Waals surface area contributed by atoms with Gasteiger partial charge in [-0.3, -0.25) is 10.1 Å². The maximum absolute atomic E-state index is 5.08. The maximum Gasteiger partial charge on any atom is 0.201 e. The van der Waals surface area contributed by atoms with Crippen LogP contribution in [0.4, 0.5) is 0 Å². The van der Waals surface area contributed by atoms with Gasteiger partial charge in [-0.2, -0.15) is 5.10 Å². The first kappa shape index (κ1) is 26.1. The molecule has 0 aliphatic carbocycles. The molecule has 5 aromatic carbocycles. The van der Waals surface area contributed by atoms with E-state index in [0.717, 1.165) is 28.0 Å². The molecule has 0 bridgehead atoms. The molecule has 5 heteroatoms. The molecule has 0 aliphatic heterocycles. The van der Waals surface area contributed by atoms with Gasteiger partial charge in [-0.05, 0) is 64.9 Å². The summed E-state index contributed by atoms with van der Waals surface area (Å²) in [6, 6.07) is 54.9. The van der Waals surface area contributed by atoms with Crippen molar-refractivity contribution < 1.29 is 0 Å². The van der Waals surface area contributed by atoms with Crippen molar-refractivity contribution in [2.75, 3.05) is 0 Å². The minimum atomic E-state index is -2.79. The molecule has 8 rings (SSSR count). The van der Waals surface area contributed by atoms with Gasteiger partial charge in [0.2, 0.25) is 8.07 Å². The van der Waals surface area contributed by atoms with Crippen LogP contribution < -0.4 is 20.9 Å². The van der Waals surface area contributed by atoms with Crippen LogP contribution in [-0.2, 0) is 0 Å². The number of pyridine rings is 1. The van der Waals surface area contributed by atoms with Gasteiger partial charge >= 0.3 is 0 Å². The Morgan fingerprint density at radius 1 is 0.568 bits per heavy atom. The van der Waals surface area contributed by atoms with Gasteiger partial charge in [0.25, 0.3) is 0 Å². The van der Waals surface area contributed by atoms with Crippen LogP contribution in [-0.4, -0.2) is 27.8 Å². The monoisotopic (exact) mass is 582 g/mol. The summed E-state index contributed by atoms with van der Waals surface area (Å²) in [4.78, 5) is 5.08. The molecular weight excluding hydrogens is 553 g/mol. The molecule has 0 saturated heterocycles. The van der Waals surface area contributed by atoms with Crippen LogP contribution in [0.5, 0.6) is 0 Å². The Bertz CT molecular complexity index is 2140. The van der Waals surface area contributed by atoms with E-state index in [2.05, 4.69) is 160 Å². The van der Waals surface area contributed by atoms with Gasteiger partial charge in [0.1, 0.15) is 0 Å². The second kappa shape index (κ2) is 10.6. The molecule has 0 radical (unpaired) electrons. The van der Waals surface area contributed by atoms with Crippen LogP contribution in [0.1, 0.15) is 5.69 Å². The van der Waals surface area contributed by atoms with Gasteiger partial charge in [0.15, 0.2) is 0 Å². The largest absolute Gasteiger partial charge is 0.309 e. The lowest BCUT2D eigenvalue weighted by Crippen LogP contribution is -2.75. The Labute approximate surface area is 257 Å². The van der Waals surface area contributed by atoms with E-state index in [0.29, 0.717) is 0 Å². The number of hydrogen-bond donors (Lipinski definition) is 1. The molecule has 0 spiro atoms. The van der Waals surface area contributed by atoms with Crippen LogP contribution in [0.2, 0.25) is 0 Å². The second-order valence-corrected chi connectivity index (χ2v) is 15.0. The van der Waals surface area contributed by atoms with Crippen molar-refractivity contribution in [3.05, 3.63) is 164 Å². The highest BCUT2D eigenvalue weighted by molar-refractivity contribution is 7.19. The number of nitrogens with zero attached hydrogens (tertiary/aromatic N) is 3. The lowest BCUT2D eigenvalue weighted by atomic mass is 10.1. The first-order valence-corrected chi connectivity index (χ1v) is 16.9. The molecule has 0 aliphatic rings. The van der Waals surface area contributed by atoms with Crippen LogP contribution in [0.15, 0.2) is 158 Å². The number of aryl methyl sites for hydroxylation is 1. The summed E-state index contributed by atoms with van der Waals surface area (Å²) in [6.45, 7) is 2.03. The zero-order valence-corrected chi connectivity index (χ0v) is 25.4. The molecule has 4 nitrogen and oxygen atoms in total. The number of hydrogen-bond acceptors (Lipinski definition) is 2. The topological polar surface area (TPSA) is 46.5 Å². The van der Waals surface area contributed by atoms with Crippen LogP contribution in [0.25, 0.3) is 38.8 Å². The van der Waals surface area contributed by atoms with E-state index in [9.17, 15) is 0 Å². The highest BCUT2D eigenvalue weighted by Gasteiger charge is 2.43. The molecule has 0 atom stereocenters. The number of para-hydroxylation sites is 1. The highest BCUT2D eigenvalue weighted by Crippen LogP contribution is 2.33. The van der Waals surface area contributed by atoms with E-state index < -0.39 is 8.07 Å². The number of fused-ring (bicyclic) bond motifs is 3. The molecule has 0 fully saturated rings. The van der Waals surface area contributed by atoms with Crippen molar-refractivity contribution in [1.82, 2.24) is 19.7 Å². The normalized spacial score (nSPS) is 11.8. The fourth-order valence-corrected chi connectivity index (χ4v) is 11.3. The molecule has 3 aromatic heterocycles. The summed E-state index contributed by atoms with van der Waals surface area (Å²) in [5.74, 6) is 0. The molecule has 0 unspecified atom stereocenters. The van der Waals surface area contributed by atoms with Gasteiger partial charge in [-0.15, -0.1) is 0 Å². The molecule has 0 saturated carbocycles. The molecule has 44 heavy (non-hydrogen) atoms. The van der Waals surface area contributed by atoms with E-state index in [1.807, 2.05) is 19.2 Å². The summed E-state index contributed by atoms with van der Waals surface area (Å²) in [7, 11) is -2.79. The summed E-state index contributed by atoms with van der Waals surface area (Å²) >= 11 is 0. The number of rotatable bonds is 6. The maximum atomic E-state index is 5.08. The standard InChI is InChI=1S/C39H30N4Si/c1-28-25-36(42-41-28)29-13-12-14-30(26-29)43-37-20-9-8-19-34(37)35-23-22-33(27-38(35)43)44(31-15-4-2-5-16-31,32-17-6-3-7-18-32)39-21-10-11-24-40-39/h2-27H,1H3,(H,41,42). The Balaban J connectivity index is 1.46. The summed E-state index contributed by atoms with van der Waals surface area (Å²) in [6.07, 6.45) is 1.93. The molecular formula is C39H30N4Si. The first-order valence-electron chi connectivity index (χ1n) is 14.9. The smallest absolute Gasteiger partial charge is 0.201 e. The van der Waals surface area contributed by atoms with E-state index in [1.54, 1.807) is 0 Å². The van der Waals surface area contributed by atoms with Crippen LogP contribution >= 0.6 is 0 Å². The van der Waals surface area contributed by atoms with Gasteiger partial charge in [0, 0.05) is 39.2 Å². The lowest BCUT2D eigenvalue weighted by Gasteiger charge is -2.33. The highest BCUT2D eigenvalue weighted by atomic mass is 28.3. The lowest BCUT2D eigenvalue weighted by molar-refractivity contribution is 1.05. The third-order valence-corrected chi connectivity index (χ3v) is 13.3. The zero-order chi connectivity index (χ0) is 29.5. The first-order chi connectivity index (χ1) is 21.7. The van der Waals surface area contributed by atoms with Crippen molar-refractivity contribution in [2.24, 2.45) is 0 Å². The quantitative estimate of drug-likeness (QED) is 0.186. The van der Waals surface area contributed by atoms with E-state index in [4.69, 9.17) is 4.98 Å². The number of aromatic nitrogens is 4. The number of aromatic amines is 1. The predicted molar refractivity (Wildman–Crippen MR) is 185 cm³/mol. The van der Waals surface area contributed by atoms with E-state index in [-0.39, 0.29) is 0 Å². The summed E-state index contributed by atoms with van der Waals surface area (Å²) in [5.41, 5.74) is 6.54. The fraction of sp³-hybridized carbons (Fsp3) is 0.0256. The molecule has 210 valence electrons. The summed E-state index contributed by atoms with van der Waals surface area (Å²) in [5, 5.41) is 15.1. The molecule has 1 N–H and O–H groups in total. The average molecular weight is 583 g/mol. The second-order valence-electron chi connectivity index (χ2n) is 11.3. The van der Waals surface area contributed by atoms with Crippen molar-refractivity contribution in [3.8, 4) is 16.9 Å². The Hall–Kier alpha value is -5.52. The van der Waals surface area contributed by atoms with Gasteiger partial charge in [-0.25, -0.2) is 0 Å². The van der Waals surface area contributed by atoms with Crippen molar-refractivity contribution >= 4 is 50.8 Å². The van der Waals surface area contributed by atoms with Crippen molar-refractivity contribution in [2.45, 2.75) is 6.92 Å². The number of H-pyrrole nitrogens is 1. The van der Waals surface area contributed by atoms with E-state index in [1.165, 1.54) is 37.4 Å². The molecule has 0 amide bonds. The SMILES string of the molecule is Cc1cc(-c2cccc(-n3c4ccccc4c4ccc([Si](c5ccccc5)(c5ccccc5)c5ccccn5)cc43)c2)n[nH]1. The van der Waals surface area contributed by atoms with Gasteiger partial charge in [-0.1, -0.05) is 109 Å². The van der Waals surface area contributed by atoms with Crippen LogP contribution in [0, 0.1) is 6.92 Å². The summed E-state index contributed by atoms with van der Waals surface area (Å²) < 4.78 is 2.41. The third-order valence-electron chi connectivity index (χ3n) is 8.68. The minimum absolute atomic E-state index is 0.945. The Morgan fingerprint density at radius 3 is 1.98 bits per heavy atom. The van der Waals surface area contributed by atoms with Crippen LogP contribution in [0.3, 0.4) is 0 Å². The molecule has 3 heterocycles. The fourth-order valence-electron chi connectivity index (χ4n) is 6.76. The van der Waals surface area contributed by atoms with Gasteiger partial charge < -0.3 is 4.57 Å². The Kier molecular flexibility index (Phi) is 6.32. The molecule has 8 aromatic rings. The third kappa shape index (κ3) is 4.13. The number of benzene rings is 5. The average Bonchev–Trinajstić information content (AvgIpc) is 3.68. The van der Waals surface area contributed by atoms with Crippen molar-refractivity contribution in [3.63, 3.8) is 0 Å². The van der Waals surface area contributed by atoms with Gasteiger partial charge in [0.05, 0.1) is 16.7 Å². The zero-order valence-electron chi connectivity index (χ0n) is 24.4. The van der Waals surface area contributed by atoms with E-state index >= 15 is 0 Å². The number of nitrogens with one attached hydrogen (secondary N) is 1.